The van der Waals surface area contributed by atoms with Gasteiger partial charge in [-0.1, -0.05) is 26.0 Å². The number of ether oxygens (including phenoxy) is 2. The van der Waals surface area contributed by atoms with E-state index in [4.69, 9.17) is 13.9 Å². The zero-order valence-corrected chi connectivity index (χ0v) is 15.7. The molecule has 3 rings (SSSR count). The summed E-state index contributed by atoms with van der Waals surface area (Å²) in [5.74, 6) is 3.44. The molecule has 0 spiro atoms. The number of hydrogen-bond donors (Lipinski definition) is 0. The first-order chi connectivity index (χ1) is 12.6. The van der Waals surface area contributed by atoms with Crippen LogP contribution in [0.3, 0.4) is 0 Å². The van der Waals surface area contributed by atoms with Gasteiger partial charge in [-0.25, -0.2) is 4.98 Å². The monoisotopic (exact) mass is 358 g/mol. The van der Waals surface area contributed by atoms with Gasteiger partial charge in [0, 0.05) is 19.4 Å². The topological polar surface area (TPSA) is 64.8 Å². The lowest BCUT2D eigenvalue weighted by Gasteiger charge is -2.25. The van der Waals surface area contributed by atoms with Crippen molar-refractivity contribution in [2.75, 3.05) is 20.3 Å². The van der Waals surface area contributed by atoms with Gasteiger partial charge in [0.15, 0.2) is 24.0 Å². The molecule has 1 aliphatic heterocycles. The summed E-state index contributed by atoms with van der Waals surface area (Å²) in [6.45, 7) is 5.46. The summed E-state index contributed by atoms with van der Waals surface area (Å²) in [5, 5.41) is 0. The molecule has 0 fully saturated rings. The number of nitrogens with zero attached hydrogens (tertiary/aromatic N) is 2. The molecule has 1 aromatic carbocycles. The maximum Gasteiger partial charge on any atom is 0.260 e. The lowest BCUT2D eigenvalue weighted by atomic mass is 10.1. The number of oxazole rings is 1. The molecule has 0 saturated carbocycles. The molecule has 2 aromatic rings. The first kappa shape index (κ1) is 18.3. The molecule has 2 heterocycles. The molecular weight excluding hydrogens is 332 g/mol. The highest BCUT2D eigenvalue weighted by Gasteiger charge is 2.25. The first-order valence-electron chi connectivity index (χ1n) is 9.08. The number of rotatable bonds is 7. The van der Waals surface area contributed by atoms with Crippen LogP contribution in [-0.4, -0.2) is 36.1 Å². The highest BCUT2D eigenvalue weighted by atomic mass is 16.5. The predicted octanol–water partition coefficient (Wildman–Crippen LogP) is 3.24. The van der Waals surface area contributed by atoms with Crippen molar-refractivity contribution in [3.05, 3.63) is 41.6 Å². The van der Waals surface area contributed by atoms with Crippen LogP contribution in [0, 0.1) is 5.92 Å². The minimum absolute atomic E-state index is 0.0201. The third-order valence-corrected chi connectivity index (χ3v) is 4.48. The van der Waals surface area contributed by atoms with E-state index in [1.807, 2.05) is 12.1 Å². The molecule has 1 aliphatic rings. The summed E-state index contributed by atoms with van der Waals surface area (Å²) < 4.78 is 16.7. The summed E-state index contributed by atoms with van der Waals surface area (Å²) in [6.07, 6.45) is 2.59. The maximum absolute atomic E-state index is 12.5. The Labute approximate surface area is 154 Å². The van der Waals surface area contributed by atoms with E-state index in [-0.39, 0.29) is 12.5 Å². The lowest BCUT2D eigenvalue weighted by Crippen LogP contribution is -2.38. The second-order valence-corrected chi connectivity index (χ2v) is 6.91. The molecule has 0 radical (unpaired) electrons. The van der Waals surface area contributed by atoms with Crippen LogP contribution in [0.15, 0.2) is 28.7 Å². The van der Waals surface area contributed by atoms with Gasteiger partial charge in [0.05, 0.1) is 13.7 Å². The number of carbonyl (C=O) groups is 1. The van der Waals surface area contributed by atoms with Crippen molar-refractivity contribution in [2.24, 2.45) is 5.92 Å². The third kappa shape index (κ3) is 4.36. The molecule has 1 amide bonds. The molecule has 6 heteroatoms. The molecule has 0 atom stereocenters. The van der Waals surface area contributed by atoms with Crippen molar-refractivity contribution in [3.63, 3.8) is 0 Å². The van der Waals surface area contributed by atoms with Crippen LogP contribution < -0.4 is 9.47 Å². The van der Waals surface area contributed by atoms with Gasteiger partial charge in [-0.2, -0.15) is 0 Å². The van der Waals surface area contributed by atoms with Crippen molar-refractivity contribution in [2.45, 2.75) is 39.7 Å². The van der Waals surface area contributed by atoms with Crippen LogP contribution in [0.2, 0.25) is 0 Å². The van der Waals surface area contributed by atoms with E-state index in [1.165, 1.54) is 0 Å². The summed E-state index contributed by atoms with van der Waals surface area (Å²) in [7, 11) is 1.58. The standard InChI is InChI=1S/C20H26N2O4/c1-14(2)8-9-19-21-15-12-22(11-10-16(15)26-19)20(23)13-25-18-7-5-4-6-17(18)24-3/h4-7,14H,8-13H2,1-3H3. The Hall–Kier alpha value is -2.50. The first-order valence-corrected chi connectivity index (χ1v) is 9.08. The maximum atomic E-state index is 12.5. The molecule has 0 bridgehead atoms. The SMILES string of the molecule is COc1ccccc1OCC(=O)N1CCc2oc(CCC(C)C)nc2C1. The van der Waals surface area contributed by atoms with E-state index in [0.29, 0.717) is 36.9 Å². The fourth-order valence-corrected chi connectivity index (χ4v) is 2.95. The fraction of sp³-hybridized carbons (Fsp3) is 0.500. The van der Waals surface area contributed by atoms with Gasteiger partial charge >= 0.3 is 0 Å². The van der Waals surface area contributed by atoms with Crippen molar-refractivity contribution >= 4 is 5.91 Å². The largest absolute Gasteiger partial charge is 0.493 e. The highest BCUT2D eigenvalue weighted by Crippen LogP contribution is 2.26. The van der Waals surface area contributed by atoms with Crippen LogP contribution in [-0.2, 0) is 24.2 Å². The Bertz CT molecular complexity index is 754. The summed E-state index contributed by atoms with van der Waals surface area (Å²) in [6, 6.07) is 7.31. The number of aromatic nitrogens is 1. The number of carbonyl (C=O) groups excluding carboxylic acids is 1. The summed E-state index contributed by atoms with van der Waals surface area (Å²) in [5.41, 5.74) is 0.876. The van der Waals surface area contributed by atoms with Gasteiger partial charge in [-0.05, 0) is 24.5 Å². The van der Waals surface area contributed by atoms with Gasteiger partial charge in [0.25, 0.3) is 5.91 Å². The van der Waals surface area contributed by atoms with Crippen molar-refractivity contribution < 1.29 is 18.7 Å². The summed E-state index contributed by atoms with van der Waals surface area (Å²) in [4.78, 5) is 18.9. The molecule has 0 unspecified atom stereocenters. The average molecular weight is 358 g/mol. The summed E-state index contributed by atoms with van der Waals surface area (Å²) >= 11 is 0. The smallest absolute Gasteiger partial charge is 0.260 e. The van der Waals surface area contributed by atoms with Crippen LogP contribution in [0.25, 0.3) is 0 Å². The number of aryl methyl sites for hydroxylation is 1. The zero-order valence-electron chi connectivity index (χ0n) is 15.7. The van der Waals surface area contributed by atoms with Gasteiger partial charge in [0.2, 0.25) is 0 Å². The van der Waals surface area contributed by atoms with Crippen molar-refractivity contribution in [3.8, 4) is 11.5 Å². The Morgan fingerprint density at radius 3 is 2.81 bits per heavy atom. The number of hydrogen-bond acceptors (Lipinski definition) is 5. The Morgan fingerprint density at radius 2 is 2.08 bits per heavy atom. The van der Waals surface area contributed by atoms with Crippen LogP contribution in [0.5, 0.6) is 11.5 Å². The van der Waals surface area contributed by atoms with E-state index in [9.17, 15) is 4.79 Å². The number of amides is 1. The van der Waals surface area contributed by atoms with Crippen LogP contribution in [0.4, 0.5) is 0 Å². The Kier molecular flexibility index (Phi) is 5.81. The van der Waals surface area contributed by atoms with Gasteiger partial charge < -0.3 is 18.8 Å². The highest BCUT2D eigenvalue weighted by molar-refractivity contribution is 5.78. The number of benzene rings is 1. The van der Waals surface area contributed by atoms with E-state index < -0.39 is 0 Å². The van der Waals surface area contributed by atoms with E-state index in [2.05, 4.69) is 18.8 Å². The quantitative estimate of drug-likeness (QED) is 0.760. The average Bonchev–Trinajstić information content (AvgIpc) is 3.06. The molecule has 0 aliphatic carbocycles. The van der Waals surface area contributed by atoms with Gasteiger partial charge in [0.1, 0.15) is 11.5 Å². The molecule has 6 nitrogen and oxygen atoms in total. The molecule has 140 valence electrons. The molecule has 0 saturated heterocycles. The minimum Gasteiger partial charge on any atom is -0.493 e. The Morgan fingerprint density at radius 1 is 1.31 bits per heavy atom. The van der Waals surface area contributed by atoms with E-state index in [1.54, 1.807) is 24.1 Å². The Balaban J connectivity index is 1.57. The molecular formula is C20H26N2O4. The second kappa shape index (κ2) is 8.25. The number of fused-ring (bicyclic) bond motifs is 1. The second-order valence-electron chi connectivity index (χ2n) is 6.91. The number of methoxy groups -OCH3 is 1. The van der Waals surface area contributed by atoms with E-state index in [0.717, 1.165) is 30.2 Å². The molecule has 26 heavy (non-hydrogen) atoms. The van der Waals surface area contributed by atoms with E-state index >= 15 is 0 Å². The lowest BCUT2D eigenvalue weighted by molar-refractivity contribution is -0.134. The van der Waals surface area contributed by atoms with Crippen molar-refractivity contribution in [1.82, 2.24) is 9.88 Å². The van der Waals surface area contributed by atoms with Crippen molar-refractivity contribution in [1.29, 1.82) is 0 Å². The predicted molar refractivity (Wildman–Crippen MR) is 97.3 cm³/mol. The third-order valence-electron chi connectivity index (χ3n) is 4.48. The zero-order chi connectivity index (χ0) is 18.5. The van der Waals surface area contributed by atoms with Gasteiger partial charge in [-0.15, -0.1) is 0 Å². The van der Waals surface area contributed by atoms with Gasteiger partial charge in [-0.3, -0.25) is 4.79 Å². The minimum atomic E-state index is -0.0618. The normalized spacial score (nSPS) is 13.6. The molecule has 1 aromatic heterocycles. The fourth-order valence-electron chi connectivity index (χ4n) is 2.95. The van der Waals surface area contributed by atoms with Crippen LogP contribution >= 0.6 is 0 Å². The van der Waals surface area contributed by atoms with Crippen LogP contribution in [0.1, 0.15) is 37.6 Å². The number of para-hydroxylation sites is 2. The molecule has 0 N–H and O–H groups in total.